The second kappa shape index (κ2) is 4.73. The molecule has 1 N–H and O–H groups in total. The lowest BCUT2D eigenvalue weighted by Crippen LogP contribution is -1.97. The Morgan fingerprint density at radius 1 is 1.80 bits per heavy atom. The highest BCUT2D eigenvalue weighted by atomic mass is 16.4. The molecule has 0 aromatic carbocycles. The molecule has 0 rings (SSSR count). The molecule has 0 saturated carbocycles. The standard InChI is InChI=1S/C7H11NO2/c1-3-8-5-6(2)4-7(9)10/h5H,2-4H2,1H3,(H,9,10). The van der Waals surface area contributed by atoms with Crippen molar-refractivity contribution in [1.82, 2.24) is 0 Å². The van der Waals surface area contributed by atoms with E-state index < -0.39 is 5.97 Å². The Bertz CT molecular complexity index is 161. The van der Waals surface area contributed by atoms with Gasteiger partial charge in [0.2, 0.25) is 0 Å². The minimum atomic E-state index is -0.868. The number of carboxylic acid groups (broad SMARTS) is 1. The van der Waals surface area contributed by atoms with Gasteiger partial charge in [-0.2, -0.15) is 0 Å². The Labute approximate surface area is 60.1 Å². The molecule has 0 aromatic rings. The highest BCUT2D eigenvalue weighted by Crippen LogP contribution is 1.92. The summed E-state index contributed by atoms with van der Waals surface area (Å²) in [5, 5.41) is 8.26. The highest BCUT2D eigenvalue weighted by molar-refractivity contribution is 5.85. The predicted molar refractivity (Wildman–Crippen MR) is 40.4 cm³/mol. The fourth-order valence-corrected chi connectivity index (χ4v) is 0.460. The Balaban J connectivity index is 3.64. The average Bonchev–Trinajstić information content (AvgIpc) is 1.82. The van der Waals surface area contributed by atoms with Gasteiger partial charge in [0.25, 0.3) is 0 Å². The van der Waals surface area contributed by atoms with Crippen LogP contribution < -0.4 is 0 Å². The molecule has 10 heavy (non-hydrogen) atoms. The molecule has 0 aliphatic carbocycles. The number of hydrogen-bond acceptors (Lipinski definition) is 2. The number of hydrogen-bond donors (Lipinski definition) is 1. The summed E-state index contributed by atoms with van der Waals surface area (Å²) < 4.78 is 0. The maximum absolute atomic E-state index is 10.1. The molecule has 0 heterocycles. The van der Waals surface area contributed by atoms with Crippen molar-refractivity contribution in [1.29, 1.82) is 0 Å². The first-order chi connectivity index (χ1) is 4.66. The van der Waals surface area contributed by atoms with Crippen molar-refractivity contribution >= 4 is 12.2 Å². The molecule has 0 spiro atoms. The van der Waals surface area contributed by atoms with Gasteiger partial charge < -0.3 is 5.11 Å². The lowest BCUT2D eigenvalue weighted by molar-refractivity contribution is -0.136. The first-order valence-corrected chi connectivity index (χ1v) is 3.06. The minimum absolute atomic E-state index is 0.0243. The van der Waals surface area contributed by atoms with E-state index in [1.807, 2.05) is 6.92 Å². The van der Waals surface area contributed by atoms with E-state index in [2.05, 4.69) is 11.6 Å². The summed E-state index contributed by atoms with van der Waals surface area (Å²) in [6, 6.07) is 0. The van der Waals surface area contributed by atoms with Crippen molar-refractivity contribution in [3.63, 3.8) is 0 Å². The zero-order valence-corrected chi connectivity index (χ0v) is 6.00. The summed E-state index contributed by atoms with van der Waals surface area (Å²) in [6.45, 7) is 6.05. The van der Waals surface area contributed by atoms with Crippen molar-refractivity contribution in [2.45, 2.75) is 13.3 Å². The summed E-state index contributed by atoms with van der Waals surface area (Å²) in [5.41, 5.74) is 0.536. The van der Waals surface area contributed by atoms with E-state index in [1.54, 1.807) is 0 Å². The summed E-state index contributed by atoms with van der Waals surface area (Å²) in [6.07, 6.45) is 1.47. The van der Waals surface area contributed by atoms with Gasteiger partial charge in [0.1, 0.15) is 0 Å². The third-order valence-corrected chi connectivity index (χ3v) is 0.835. The predicted octanol–water partition coefficient (Wildman–Crippen LogP) is 1.11. The number of rotatable bonds is 4. The zero-order chi connectivity index (χ0) is 7.98. The fourth-order valence-electron chi connectivity index (χ4n) is 0.460. The summed E-state index contributed by atoms with van der Waals surface area (Å²) >= 11 is 0. The number of aliphatic imine (C=N–C) groups is 1. The summed E-state index contributed by atoms with van der Waals surface area (Å²) in [4.78, 5) is 13.9. The largest absolute Gasteiger partial charge is 0.481 e. The second-order valence-electron chi connectivity index (χ2n) is 1.86. The van der Waals surface area contributed by atoms with Gasteiger partial charge in [0.15, 0.2) is 0 Å². The molecule has 0 unspecified atom stereocenters. The topological polar surface area (TPSA) is 49.7 Å². The van der Waals surface area contributed by atoms with Gasteiger partial charge in [-0.05, 0) is 12.5 Å². The molecule has 3 heteroatoms. The smallest absolute Gasteiger partial charge is 0.307 e. The van der Waals surface area contributed by atoms with E-state index in [-0.39, 0.29) is 6.42 Å². The highest BCUT2D eigenvalue weighted by Gasteiger charge is 1.96. The average molecular weight is 141 g/mol. The van der Waals surface area contributed by atoms with E-state index >= 15 is 0 Å². The SMILES string of the molecule is C=C(C=NCC)CC(=O)O. The normalized spacial score (nSPS) is 10.1. The van der Waals surface area contributed by atoms with Crippen LogP contribution in [0.3, 0.4) is 0 Å². The van der Waals surface area contributed by atoms with Crippen LogP contribution in [0, 0.1) is 0 Å². The monoisotopic (exact) mass is 141 g/mol. The van der Waals surface area contributed by atoms with Crippen LogP contribution in [-0.4, -0.2) is 23.8 Å². The van der Waals surface area contributed by atoms with Crippen LogP contribution in [0.25, 0.3) is 0 Å². The van der Waals surface area contributed by atoms with E-state index in [1.165, 1.54) is 6.21 Å². The molecule has 0 bridgehead atoms. The molecule has 0 radical (unpaired) electrons. The first kappa shape index (κ1) is 8.88. The second-order valence-corrected chi connectivity index (χ2v) is 1.86. The maximum Gasteiger partial charge on any atom is 0.307 e. The number of nitrogens with zero attached hydrogens (tertiary/aromatic N) is 1. The molecule has 0 fully saturated rings. The number of aliphatic carboxylic acids is 1. The fraction of sp³-hybridized carbons (Fsp3) is 0.429. The Kier molecular flexibility index (Phi) is 4.20. The van der Waals surface area contributed by atoms with Crippen molar-refractivity contribution in [3.05, 3.63) is 12.2 Å². The van der Waals surface area contributed by atoms with Gasteiger partial charge in [0.05, 0.1) is 6.42 Å². The van der Waals surface area contributed by atoms with E-state index in [0.29, 0.717) is 12.1 Å². The Hall–Kier alpha value is -1.12. The van der Waals surface area contributed by atoms with Crippen LogP contribution in [0.2, 0.25) is 0 Å². The molecule has 0 aliphatic rings. The quantitative estimate of drug-likeness (QED) is 0.596. The zero-order valence-electron chi connectivity index (χ0n) is 6.00. The molecular formula is C7H11NO2. The summed E-state index contributed by atoms with van der Waals surface area (Å²) in [5.74, 6) is -0.868. The van der Waals surface area contributed by atoms with Crippen LogP contribution >= 0.6 is 0 Å². The van der Waals surface area contributed by atoms with Crippen molar-refractivity contribution in [2.24, 2.45) is 4.99 Å². The van der Waals surface area contributed by atoms with Crippen LogP contribution in [0.4, 0.5) is 0 Å². The van der Waals surface area contributed by atoms with Crippen LogP contribution in [0.5, 0.6) is 0 Å². The Morgan fingerprint density at radius 3 is 2.80 bits per heavy atom. The van der Waals surface area contributed by atoms with E-state index in [9.17, 15) is 4.79 Å². The molecule has 0 atom stereocenters. The lowest BCUT2D eigenvalue weighted by Gasteiger charge is -1.90. The van der Waals surface area contributed by atoms with Gasteiger partial charge in [-0.3, -0.25) is 9.79 Å². The van der Waals surface area contributed by atoms with Crippen LogP contribution in [0.1, 0.15) is 13.3 Å². The lowest BCUT2D eigenvalue weighted by atomic mass is 10.2. The van der Waals surface area contributed by atoms with Crippen molar-refractivity contribution in [2.75, 3.05) is 6.54 Å². The van der Waals surface area contributed by atoms with Gasteiger partial charge >= 0.3 is 5.97 Å². The third-order valence-electron chi connectivity index (χ3n) is 0.835. The Morgan fingerprint density at radius 2 is 2.40 bits per heavy atom. The molecule has 56 valence electrons. The molecular weight excluding hydrogens is 130 g/mol. The van der Waals surface area contributed by atoms with Gasteiger partial charge in [-0.1, -0.05) is 6.58 Å². The van der Waals surface area contributed by atoms with Gasteiger partial charge in [0, 0.05) is 12.8 Å². The first-order valence-electron chi connectivity index (χ1n) is 3.06. The van der Waals surface area contributed by atoms with Gasteiger partial charge in [-0.25, -0.2) is 0 Å². The number of carbonyl (C=O) groups is 1. The van der Waals surface area contributed by atoms with Gasteiger partial charge in [-0.15, -0.1) is 0 Å². The number of carboxylic acids is 1. The molecule has 0 amide bonds. The van der Waals surface area contributed by atoms with Crippen molar-refractivity contribution in [3.8, 4) is 0 Å². The molecule has 0 saturated heterocycles. The molecule has 3 nitrogen and oxygen atoms in total. The minimum Gasteiger partial charge on any atom is -0.481 e. The van der Waals surface area contributed by atoms with E-state index in [0.717, 1.165) is 0 Å². The van der Waals surface area contributed by atoms with Crippen molar-refractivity contribution < 1.29 is 9.90 Å². The third kappa shape index (κ3) is 5.03. The van der Waals surface area contributed by atoms with Crippen LogP contribution in [0.15, 0.2) is 17.1 Å². The maximum atomic E-state index is 10.1. The summed E-state index contributed by atoms with van der Waals surface area (Å²) in [7, 11) is 0. The van der Waals surface area contributed by atoms with Crippen LogP contribution in [-0.2, 0) is 4.79 Å². The molecule has 0 aliphatic heterocycles. The molecule has 0 aromatic heterocycles. The van der Waals surface area contributed by atoms with E-state index in [4.69, 9.17) is 5.11 Å².